The molecule has 4 nitrogen and oxygen atoms in total. The molecule has 1 N–H and O–H groups in total. The Bertz CT molecular complexity index is 787. The number of aromatic amines is 1. The Morgan fingerprint density at radius 3 is 2.21 bits per heavy atom. The molecular weight excluding hydrogens is 298 g/mol. The maximum absolute atomic E-state index is 11.9. The van der Waals surface area contributed by atoms with Crippen LogP contribution in [0.1, 0.15) is 44.5 Å². The summed E-state index contributed by atoms with van der Waals surface area (Å²) in [6.07, 6.45) is 0. The van der Waals surface area contributed by atoms with Gasteiger partial charge in [0.25, 0.3) is 5.56 Å². The van der Waals surface area contributed by atoms with Crippen LogP contribution in [0.15, 0.2) is 35.1 Å². The molecule has 0 amide bonds. The number of nitrogens with one attached hydrogen (secondary N) is 1. The molecule has 0 aliphatic rings. The molecule has 1 heterocycles. The highest BCUT2D eigenvalue weighted by Gasteiger charge is 2.14. The number of nitriles is 1. The van der Waals surface area contributed by atoms with Gasteiger partial charge in [-0.1, -0.05) is 24.3 Å². The minimum absolute atomic E-state index is 0.166. The summed E-state index contributed by atoms with van der Waals surface area (Å²) < 4.78 is 0. The molecule has 126 valence electrons. The molecular formula is C20H25N3O. The normalized spacial score (nSPS) is 11.3. The number of hydrogen-bond acceptors (Lipinski definition) is 3. The molecule has 2 aromatic rings. The number of hydrogen-bond donors (Lipinski definition) is 1. The molecule has 0 saturated carbocycles. The van der Waals surface area contributed by atoms with E-state index < -0.39 is 0 Å². The summed E-state index contributed by atoms with van der Waals surface area (Å²) in [5.74, 6) is 0. The van der Waals surface area contributed by atoms with Gasteiger partial charge in [-0.25, -0.2) is 0 Å². The van der Waals surface area contributed by atoms with Gasteiger partial charge in [-0.2, -0.15) is 5.26 Å². The van der Waals surface area contributed by atoms with Crippen LogP contribution in [0.2, 0.25) is 0 Å². The van der Waals surface area contributed by atoms with Crippen molar-refractivity contribution in [3.63, 3.8) is 0 Å². The third kappa shape index (κ3) is 3.93. The number of rotatable bonds is 5. The fourth-order valence-corrected chi connectivity index (χ4v) is 2.99. The second kappa shape index (κ2) is 7.46. The highest BCUT2D eigenvalue weighted by molar-refractivity contribution is 5.70. The number of pyridine rings is 1. The van der Waals surface area contributed by atoms with E-state index in [4.69, 9.17) is 0 Å². The fraction of sp³-hybridized carbons (Fsp3) is 0.400. The van der Waals surface area contributed by atoms with E-state index in [1.54, 1.807) is 0 Å². The van der Waals surface area contributed by atoms with E-state index in [1.165, 1.54) is 5.56 Å². The quantitative estimate of drug-likeness (QED) is 0.909. The fourth-order valence-electron chi connectivity index (χ4n) is 2.99. The Morgan fingerprint density at radius 1 is 1.12 bits per heavy atom. The Kier molecular flexibility index (Phi) is 5.58. The topological polar surface area (TPSA) is 59.9 Å². The van der Waals surface area contributed by atoms with Crippen molar-refractivity contribution in [3.05, 3.63) is 57.5 Å². The van der Waals surface area contributed by atoms with Crippen molar-refractivity contribution in [2.75, 3.05) is 0 Å². The van der Waals surface area contributed by atoms with Gasteiger partial charge in [0, 0.05) is 29.9 Å². The van der Waals surface area contributed by atoms with Crippen molar-refractivity contribution < 1.29 is 0 Å². The second-order valence-electron chi connectivity index (χ2n) is 6.74. The predicted molar refractivity (Wildman–Crippen MR) is 97.8 cm³/mol. The molecule has 0 atom stereocenters. The molecule has 0 spiro atoms. The van der Waals surface area contributed by atoms with Crippen LogP contribution in [0, 0.1) is 18.3 Å². The monoisotopic (exact) mass is 323 g/mol. The van der Waals surface area contributed by atoms with Crippen molar-refractivity contribution in [1.82, 2.24) is 9.88 Å². The van der Waals surface area contributed by atoms with Crippen molar-refractivity contribution in [2.45, 2.75) is 53.2 Å². The molecule has 24 heavy (non-hydrogen) atoms. The molecule has 0 saturated heterocycles. The molecule has 0 radical (unpaired) electrons. The molecule has 0 bridgehead atoms. The second-order valence-corrected chi connectivity index (χ2v) is 6.74. The van der Waals surface area contributed by atoms with E-state index >= 15 is 0 Å². The average Bonchev–Trinajstić information content (AvgIpc) is 2.52. The maximum atomic E-state index is 11.9. The van der Waals surface area contributed by atoms with Crippen LogP contribution in [0.3, 0.4) is 0 Å². The summed E-state index contributed by atoms with van der Waals surface area (Å²) in [7, 11) is 0. The highest BCUT2D eigenvalue weighted by atomic mass is 16.1. The Morgan fingerprint density at radius 2 is 1.71 bits per heavy atom. The predicted octanol–water partition coefficient (Wildman–Crippen LogP) is 3.84. The first-order chi connectivity index (χ1) is 11.3. The van der Waals surface area contributed by atoms with Gasteiger partial charge in [-0.3, -0.25) is 9.69 Å². The van der Waals surface area contributed by atoms with E-state index in [1.807, 2.05) is 31.2 Å². The summed E-state index contributed by atoms with van der Waals surface area (Å²) in [4.78, 5) is 17.0. The number of H-pyrrole nitrogens is 1. The third-order valence-electron chi connectivity index (χ3n) is 4.24. The summed E-state index contributed by atoms with van der Waals surface area (Å²) in [6, 6.07) is 12.9. The minimum atomic E-state index is -0.331. The van der Waals surface area contributed by atoms with Gasteiger partial charge in [0.15, 0.2) is 0 Å². The smallest absolute Gasteiger partial charge is 0.266 e. The van der Waals surface area contributed by atoms with Crippen LogP contribution in [0.4, 0.5) is 0 Å². The first-order valence-corrected chi connectivity index (χ1v) is 8.32. The molecule has 4 heteroatoms. The van der Waals surface area contributed by atoms with Gasteiger partial charge < -0.3 is 4.98 Å². The first kappa shape index (κ1) is 18.0. The zero-order valence-electron chi connectivity index (χ0n) is 15.1. The van der Waals surface area contributed by atoms with Gasteiger partial charge in [-0.05, 0) is 51.8 Å². The van der Waals surface area contributed by atoms with E-state index in [0.717, 1.165) is 17.8 Å². The third-order valence-corrected chi connectivity index (χ3v) is 4.24. The lowest BCUT2D eigenvalue weighted by molar-refractivity contribution is 0.166. The van der Waals surface area contributed by atoms with Crippen LogP contribution >= 0.6 is 0 Å². The molecule has 0 aliphatic carbocycles. The maximum Gasteiger partial charge on any atom is 0.266 e. The summed E-state index contributed by atoms with van der Waals surface area (Å²) >= 11 is 0. The van der Waals surface area contributed by atoms with Crippen molar-refractivity contribution >= 4 is 0 Å². The van der Waals surface area contributed by atoms with Crippen molar-refractivity contribution in [1.29, 1.82) is 5.26 Å². The van der Waals surface area contributed by atoms with Gasteiger partial charge in [-0.15, -0.1) is 0 Å². The number of aryl methyl sites for hydroxylation is 1. The lowest BCUT2D eigenvalue weighted by atomic mass is 9.99. The largest absolute Gasteiger partial charge is 0.325 e. The van der Waals surface area contributed by atoms with Gasteiger partial charge in [0.05, 0.1) is 0 Å². The first-order valence-electron chi connectivity index (χ1n) is 8.32. The van der Waals surface area contributed by atoms with Crippen LogP contribution in [0.5, 0.6) is 0 Å². The van der Waals surface area contributed by atoms with Crippen molar-refractivity contribution in [2.24, 2.45) is 0 Å². The molecule has 2 rings (SSSR count). The summed E-state index contributed by atoms with van der Waals surface area (Å²) in [5.41, 5.74) is 3.40. The summed E-state index contributed by atoms with van der Waals surface area (Å²) in [6.45, 7) is 11.5. The van der Waals surface area contributed by atoms with E-state index in [9.17, 15) is 10.1 Å². The van der Waals surface area contributed by atoms with Crippen LogP contribution in [-0.2, 0) is 6.54 Å². The van der Waals surface area contributed by atoms with Crippen LogP contribution in [0.25, 0.3) is 11.1 Å². The minimum Gasteiger partial charge on any atom is -0.325 e. The van der Waals surface area contributed by atoms with E-state index in [2.05, 4.69) is 49.7 Å². The molecule has 1 aromatic carbocycles. The standard InChI is InChI=1S/C20H25N3O/c1-13(2)23(14(3)4)12-16-6-8-17(9-7-16)18-10-15(5)22-20(24)19(18)11-21/h6-10,13-14H,12H2,1-5H3,(H,22,24). The van der Waals surface area contributed by atoms with Gasteiger partial charge in [0.2, 0.25) is 0 Å². The Hall–Kier alpha value is -2.38. The van der Waals surface area contributed by atoms with Crippen LogP contribution in [-0.4, -0.2) is 22.0 Å². The lowest BCUT2D eigenvalue weighted by Gasteiger charge is -2.30. The lowest BCUT2D eigenvalue weighted by Crippen LogP contribution is -2.36. The Balaban J connectivity index is 2.34. The molecule has 1 aromatic heterocycles. The van der Waals surface area contributed by atoms with E-state index in [-0.39, 0.29) is 11.1 Å². The number of aromatic nitrogens is 1. The number of benzene rings is 1. The van der Waals surface area contributed by atoms with Crippen LogP contribution < -0.4 is 5.56 Å². The van der Waals surface area contributed by atoms with E-state index in [0.29, 0.717) is 17.6 Å². The number of nitrogens with zero attached hydrogens (tertiary/aromatic N) is 2. The van der Waals surface area contributed by atoms with Crippen molar-refractivity contribution in [3.8, 4) is 17.2 Å². The van der Waals surface area contributed by atoms with Gasteiger partial charge >= 0.3 is 0 Å². The Labute approximate surface area is 143 Å². The highest BCUT2D eigenvalue weighted by Crippen LogP contribution is 2.23. The molecule has 0 fully saturated rings. The zero-order valence-corrected chi connectivity index (χ0v) is 15.1. The van der Waals surface area contributed by atoms with Gasteiger partial charge in [0.1, 0.15) is 11.6 Å². The average molecular weight is 323 g/mol. The molecule has 0 aliphatic heterocycles. The summed E-state index contributed by atoms with van der Waals surface area (Å²) in [5, 5.41) is 9.27. The SMILES string of the molecule is Cc1cc(-c2ccc(CN(C(C)C)C(C)C)cc2)c(C#N)c(=O)[nH]1. The molecule has 0 unspecified atom stereocenters. The zero-order chi connectivity index (χ0) is 17.9.